The number of nitrogens with zero attached hydrogens (tertiary/aromatic N) is 3. The fourth-order valence-electron chi connectivity index (χ4n) is 2.35. The van der Waals surface area contributed by atoms with Gasteiger partial charge in [0.1, 0.15) is 11.6 Å². The molecule has 0 spiro atoms. The van der Waals surface area contributed by atoms with Gasteiger partial charge in [0.15, 0.2) is 0 Å². The zero-order valence-electron chi connectivity index (χ0n) is 12.4. The Labute approximate surface area is 134 Å². The smallest absolute Gasteiger partial charge is 0.223 e. The first-order valence-corrected chi connectivity index (χ1v) is 7.57. The number of hydrogen-bond acceptors (Lipinski definition) is 6. The molecule has 2 heterocycles. The van der Waals surface area contributed by atoms with Crippen LogP contribution in [0.25, 0.3) is 0 Å². The van der Waals surface area contributed by atoms with Gasteiger partial charge >= 0.3 is 0 Å². The quantitative estimate of drug-likeness (QED) is 0.779. The van der Waals surface area contributed by atoms with Crippen LogP contribution in [0.3, 0.4) is 0 Å². The van der Waals surface area contributed by atoms with Crippen molar-refractivity contribution in [2.45, 2.75) is 12.6 Å². The highest BCUT2D eigenvalue weighted by atomic mass is 35.5. The Morgan fingerprint density at radius 3 is 2.68 bits per heavy atom. The van der Waals surface area contributed by atoms with Crippen molar-refractivity contribution < 1.29 is 0 Å². The molecule has 2 aromatic rings. The molecule has 4 N–H and O–H groups in total. The summed E-state index contributed by atoms with van der Waals surface area (Å²) >= 11 is 5.88. The van der Waals surface area contributed by atoms with Crippen molar-refractivity contribution in [1.82, 2.24) is 15.3 Å². The standard InChI is InChI=1S/C15H19ClN6/c1-18-12-8-22(9-12)14-6-13(20-15(17)21-14)19-7-10-2-4-11(16)5-3-10/h2-6,12,18H,7-9H2,1H3,(H3,17,19,20,21). The normalized spacial score (nSPS) is 14.7. The molecule has 1 aliphatic heterocycles. The van der Waals surface area contributed by atoms with Crippen molar-refractivity contribution in [3.63, 3.8) is 0 Å². The summed E-state index contributed by atoms with van der Waals surface area (Å²) in [7, 11) is 1.97. The summed E-state index contributed by atoms with van der Waals surface area (Å²) in [4.78, 5) is 10.7. The van der Waals surface area contributed by atoms with Crippen LogP contribution < -0.4 is 21.3 Å². The molecule has 1 aromatic carbocycles. The highest BCUT2D eigenvalue weighted by Crippen LogP contribution is 2.22. The molecule has 0 radical (unpaired) electrons. The lowest BCUT2D eigenvalue weighted by Crippen LogP contribution is -2.57. The van der Waals surface area contributed by atoms with Crippen molar-refractivity contribution in [3.05, 3.63) is 40.9 Å². The third-order valence-electron chi connectivity index (χ3n) is 3.73. The van der Waals surface area contributed by atoms with Crippen LogP contribution in [0.5, 0.6) is 0 Å². The summed E-state index contributed by atoms with van der Waals surface area (Å²) < 4.78 is 0. The van der Waals surface area contributed by atoms with Crippen molar-refractivity contribution in [2.75, 3.05) is 36.1 Å². The Morgan fingerprint density at radius 1 is 1.27 bits per heavy atom. The van der Waals surface area contributed by atoms with E-state index >= 15 is 0 Å². The van der Waals surface area contributed by atoms with Gasteiger partial charge in [0.2, 0.25) is 5.95 Å². The minimum absolute atomic E-state index is 0.281. The fourth-order valence-corrected chi connectivity index (χ4v) is 2.47. The van der Waals surface area contributed by atoms with E-state index in [9.17, 15) is 0 Å². The first-order chi connectivity index (χ1) is 10.6. The first-order valence-electron chi connectivity index (χ1n) is 7.19. The van der Waals surface area contributed by atoms with E-state index < -0.39 is 0 Å². The maximum absolute atomic E-state index is 5.88. The van der Waals surface area contributed by atoms with E-state index in [1.165, 1.54) is 0 Å². The zero-order chi connectivity index (χ0) is 15.5. The second-order valence-electron chi connectivity index (χ2n) is 5.34. The lowest BCUT2D eigenvalue weighted by molar-refractivity contribution is 0.447. The van der Waals surface area contributed by atoms with E-state index in [0.29, 0.717) is 12.6 Å². The average Bonchev–Trinajstić information content (AvgIpc) is 2.45. The van der Waals surface area contributed by atoms with Gasteiger partial charge in [0, 0.05) is 36.8 Å². The largest absolute Gasteiger partial charge is 0.368 e. The van der Waals surface area contributed by atoms with Gasteiger partial charge in [0.25, 0.3) is 0 Å². The van der Waals surface area contributed by atoms with Gasteiger partial charge in [-0.05, 0) is 24.7 Å². The van der Waals surface area contributed by atoms with Crippen LogP contribution in [-0.4, -0.2) is 36.1 Å². The summed E-state index contributed by atoms with van der Waals surface area (Å²) in [5, 5.41) is 7.24. The Balaban J connectivity index is 1.66. The van der Waals surface area contributed by atoms with Gasteiger partial charge in [-0.15, -0.1) is 0 Å². The fraction of sp³-hybridized carbons (Fsp3) is 0.333. The number of nitrogen functional groups attached to an aromatic ring is 1. The Morgan fingerprint density at radius 2 is 2.00 bits per heavy atom. The lowest BCUT2D eigenvalue weighted by atomic mass is 10.1. The van der Waals surface area contributed by atoms with E-state index in [4.69, 9.17) is 17.3 Å². The summed E-state index contributed by atoms with van der Waals surface area (Å²) in [6.07, 6.45) is 0. The van der Waals surface area contributed by atoms with E-state index in [-0.39, 0.29) is 5.95 Å². The van der Waals surface area contributed by atoms with E-state index in [0.717, 1.165) is 35.3 Å². The third kappa shape index (κ3) is 3.40. The first kappa shape index (κ1) is 14.9. The number of benzene rings is 1. The Bertz CT molecular complexity index is 639. The average molecular weight is 319 g/mol. The number of nitrogens with two attached hydrogens (primary N) is 1. The van der Waals surface area contributed by atoms with Gasteiger partial charge in [-0.3, -0.25) is 0 Å². The van der Waals surface area contributed by atoms with Crippen molar-refractivity contribution in [3.8, 4) is 0 Å². The van der Waals surface area contributed by atoms with E-state index in [1.54, 1.807) is 0 Å². The van der Waals surface area contributed by atoms with Crippen LogP contribution in [-0.2, 0) is 6.54 Å². The predicted molar refractivity (Wildman–Crippen MR) is 90.3 cm³/mol. The second kappa shape index (κ2) is 6.37. The number of halogens is 1. The molecule has 0 atom stereocenters. The molecule has 0 bridgehead atoms. The van der Waals surface area contributed by atoms with Gasteiger partial charge in [-0.2, -0.15) is 9.97 Å². The molecular weight excluding hydrogens is 300 g/mol. The summed E-state index contributed by atoms with van der Waals surface area (Å²) in [6.45, 7) is 2.53. The highest BCUT2D eigenvalue weighted by molar-refractivity contribution is 6.30. The molecular formula is C15H19ClN6. The number of aromatic nitrogens is 2. The number of nitrogens with one attached hydrogen (secondary N) is 2. The highest BCUT2D eigenvalue weighted by Gasteiger charge is 2.26. The van der Waals surface area contributed by atoms with E-state index in [1.807, 2.05) is 37.4 Å². The molecule has 0 saturated carbocycles. The maximum Gasteiger partial charge on any atom is 0.223 e. The van der Waals surface area contributed by atoms with Crippen molar-refractivity contribution >= 4 is 29.2 Å². The van der Waals surface area contributed by atoms with E-state index in [2.05, 4.69) is 25.5 Å². The lowest BCUT2D eigenvalue weighted by Gasteiger charge is -2.40. The molecule has 7 heteroatoms. The monoisotopic (exact) mass is 318 g/mol. The third-order valence-corrected chi connectivity index (χ3v) is 3.98. The molecule has 1 fully saturated rings. The van der Waals surface area contributed by atoms with Crippen LogP contribution in [0.4, 0.5) is 17.6 Å². The molecule has 3 rings (SSSR count). The molecule has 1 aliphatic rings. The maximum atomic E-state index is 5.88. The second-order valence-corrected chi connectivity index (χ2v) is 5.78. The molecule has 1 saturated heterocycles. The van der Waals surface area contributed by atoms with Crippen molar-refractivity contribution in [1.29, 1.82) is 0 Å². The Hall–Kier alpha value is -2.05. The van der Waals surface area contributed by atoms with Crippen LogP contribution in [0.1, 0.15) is 5.56 Å². The van der Waals surface area contributed by atoms with Crippen LogP contribution >= 0.6 is 11.6 Å². The summed E-state index contributed by atoms with van der Waals surface area (Å²) in [6, 6.07) is 10.1. The molecule has 0 amide bonds. The number of hydrogen-bond donors (Lipinski definition) is 3. The summed E-state index contributed by atoms with van der Waals surface area (Å²) in [5.41, 5.74) is 6.94. The van der Waals surface area contributed by atoms with Crippen molar-refractivity contribution in [2.24, 2.45) is 0 Å². The molecule has 0 aliphatic carbocycles. The molecule has 0 unspecified atom stereocenters. The predicted octanol–water partition coefficient (Wildman–Crippen LogP) is 1.73. The van der Waals surface area contributed by atoms with Gasteiger partial charge in [-0.1, -0.05) is 23.7 Å². The van der Waals surface area contributed by atoms with Gasteiger partial charge in [-0.25, -0.2) is 0 Å². The number of anilines is 3. The molecule has 6 nitrogen and oxygen atoms in total. The van der Waals surface area contributed by atoms with Crippen LogP contribution in [0, 0.1) is 0 Å². The summed E-state index contributed by atoms with van der Waals surface area (Å²) in [5.74, 6) is 1.87. The zero-order valence-corrected chi connectivity index (χ0v) is 13.1. The Kier molecular flexibility index (Phi) is 4.31. The van der Waals surface area contributed by atoms with Gasteiger partial charge < -0.3 is 21.3 Å². The number of likely N-dealkylation sites (N-methyl/N-ethyl adjacent to an activating group) is 1. The molecule has 116 valence electrons. The number of rotatable bonds is 5. The SMILES string of the molecule is CNC1CN(c2cc(NCc3ccc(Cl)cc3)nc(N)n2)C1. The van der Waals surface area contributed by atoms with Gasteiger partial charge in [0.05, 0.1) is 0 Å². The topological polar surface area (TPSA) is 79.1 Å². The van der Waals surface area contributed by atoms with Crippen LogP contribution in [0.2, 0.25) is 5.02 Å². The van der Waals surface area contributed by atoms with Crippen LogP contribution in [0.15, 0.2) is 30.3 Å². The molecule has 1 aromatic heterocycles. The minimum atomic E-state index is 0.281. The minimum Gasteiger partial charge on any atom is -0.368 e. The molecule has 22 heavy (non-hydrogen) atoms.